The summed E-state index contributed by atoms with van der Waals surface area (Å²) in [6, 6.07) is 0. The van der Waals surface area contributed by atoms with Crippen LogP contribution in [0.1, 0.15) is 0 Å². The second-order valence-electron chi connectivity index (χ2n) is 2.22. The van der Waals surface area contributed by atoms with Gasteiger partial charge >= 0.3 is 0 Å². The molecule has 0 saturated carbocycles. The molecule has 0 radical (unpaired) electrons. The maximum Gasteiger partial charge on any atom is 0.293 e. The highest BCUT2D eigenvalue weighted by Gasteiger charge is 2.01. The lowest BCUT2D eigenvalue weighted by molar-refractivity contribution is 0.766. The second kappa shape index (κ2) is 3.06. The Balaban J connectivity index is 3.75. The Hall–Kier alpha value is -1.17. The van der Waals surface area contributed by atoms with Crippen LogP contribution >= 0.6 is 15.9 Å². The van der Waals surface area contributed by atoms with Gasteiger partial charge in [-0.05, 0) is 15.9 Å². The molecule has 12 heavy (non-hydrogen) atoms. The third-order valence-corrected chi connectivity index (χ3v) is 2.01. The maximum absolute atomic E-state index is 11.1. The molecule has 6 heteroatoms. The van der Waals surface area contributed by atoms with E-state index in [1.54, 1.807) is 7.05 Å². The topological polar surface area (TPSA) is 74.6 Å². The molecule has 0 spiro atoms. The Morgan fingerprint density at radius 3 is 2.75 bits per heavy atom. The molecule has 0 amide bonds. The number of aryl methyl sites for hydroxylation is 1. The number of aromatic nitrogens is 2. The summed E-state index contributed by atoms with van der Waals surface area (Å²) in [6.07, 6.45) is 2.42. The second-order valence-corrected chi connectivity index (χ2v) is 3.03. The van der Waals surface area contributed by atoms with Crippen LogP contribution in [0, 0.1) is 10.8 Å². The Bertz CT molecular complexity index is 430. The van der Waals surface area contributed by atoms with E-state index < -0.39 is 5.56 Å². The van der Waals surface area contributed by atoms with Crippen molar-refractivity contribution in [2.24, 2.45) is 7.05 Å². The zero-order valence-electron chi connectivity index (χ0n) is 6.34. The quantitative estimate of drug-likeness (QED) is 0.513. The lowest BCUT2D eigenvalue weighted by Crippen LogP contribution is -2.40. The van der Waals surface area contributed by atoms with Crippen molar-refractivity contribution < 1.29 is 0 Å². The monoisotopic (exact) mass is 230 g/mol. The van der Waals surface area contributed by atoms with Crippen molar-refractivity contribution in [1.82, 2.24) is 9.13 Å². The van der Waals surface area contributed by atoms with Gasteiger partial charge in [0.15, 0.2) is 5.49 Å². The average Bonchev–Trinajstić information content (AvgIpc) is 2.01. The van der Waals surface area contributed by atoms with Crippen molar-refractivity contribution in [2.45, 2.75) is 0 Å². The van der Waals surface area contributed by atoms with Crippen molar-refractivity contribution >= 4 is 22.3 Å². The lowest BCUT2D eigenvalue weighted by Gasteiger charge is -2.03. The molecule has 0 aliphatic heterocycles. The largest absolute Gasteiger partial charge is 0.313 e. The molecule has 0 aliphatic carbocycles. The first-order chi connectivity index (χ1) is 5.57. The number of nitrogens with one attached hydrogen (secondary N) is 2. The van der Waals surface area contributed by atoms with Crippen LogP contribution in [0.4, 0.5) is 0 Å². The zero-order chi connectivity index (χ0) is 9.30. The number of rotatable bonds is 1. The van der Waals surface area contributed by atoms with E-state index in [4.69, 9.17) is 10.8 Å². The smallest absolute Gasteiger partial charge is 0.293 e. The van der Waals surface area contributed by atoms with E-state index in [0.29, 0.717) is 4.60 Å². The molecule has 1 aromatic heterocycles. The van der Waals surface area contributed by atoms with Gasteiger partial charge in [0.1, 0.15) is 4.60 Å². The Morgan fingerprint density at radius 1 is 1.67 bits per heavy atom. The average molecular weight is 231 g/mol. The number of hydrogen-bond acceptors (Lipinski definition) is 3. The van der Waals surface area contributed by atoms with Crippen molar-refractivity contribution in [3.8, 4) is 0 Å². The molecule has 2 N–H and O–H groups in total. The molecule has 0 atom stereocenters. The van der Waals surface area contributed by atoms with Crippen molar-refractivity contribution in [3.05, 3.63) is 26.6 Å². The van der Waals surface area contributed by atoms with Crippen LogP contribution < -0.4 is 11.0 Å². The van der Waals surface area contributed by atoms with E-state index in [0.717, 1.165) is 10.9 Å². The first kappa shape index (κ1) is 8.92. The van der Waals surface area contributed by atoms with Gasteiger partial charge in [-0.2, -0.15) is 0 Å². The third-order valence-electron chi connectivity index (χ3n) is 1.42. The van der Waals surface area contributed by atoms with E-state index in [1.807, 2.05) is 0 Å². The minimum Gasteiger partial charge on any atom is -0.313 e. The van der Waals surface area contributed by atoms with Gasteiger partial charge in [-0.1, -0.05) is 0 Å². The summed E-state index contributed by atoms with van der Waals surface area (Å²) in [5, 5.41) is 14.3. The number of hydrogen-bond donors (Lipinski definition) is 2. The van der Waals surface area contributed by atoms with Gasteiger partial charge in [-0.3, -0.25) is 20.2 Å². The highest BCUT2D eigenvalue weighted by atomic mass is 79.9. The highest BCUT2D eigenvalue weighted by Crippen LogP contribution is 2.00. The molecule has 64 valence electrons. The van der Waals surface area contributed by atoms with Gasteiger partial charge in [-0.25, -0.2) is 0 Å². The van der Waals surface area contributed by atoms with Crippen LogP contribution in [0.5, 0.6) is 0 Å². The van der Waals surface area contributed by atoms with Crippen LogP contribution in [-0.2, 0) is 7.05 Å². The van der Waals surface area contributed by atoms with E-state index >= 15 is 0 Å². The van der Waals surface area contributed by atoms with Gasteiger partial charge in [0.05, 0.1) is 6.34 Å². The van der Waals surface area contributed by atoms with E-state index in [9.17, 15) is 4.79 Å². The summed E-state index contributed by atoms with van der Waals surface area (Å²) in [6.45, 7) is 0. The first-order valence-corrected chi connectivity index (χ1v) is 3.90. The molecular weight excluding hydrogens is 224 g/mol. The summed E-state index contributed by atoms with van der Waals surface area (Å²) in [5.74, 6) is 0. The van der Waals surface area contributed by atoms with Gasteiger partial charge < -0.3 is 4.57 Å². The predicted octanol–water partition coefficient (Wildman–Crippen LogP) is -0.116. The first-order valence-electron chi connectivity index (χ1n) is 3.10. The van der Waals surface area contributed by atoms with Gasteiger partial charge in [-0.15, -0.1) is 0 Å². The highest BCUT2D eigenvalue weighted by molar-refractivity contribution is 9.10. The third kappa shape index (κ3) is 1.25. The molecule has 0 saturated heterocycles. The molecule has 1 rings (SSSR count). The molecule has 0 fully saturated rings. The van der Waals surface area contributed by atoms with E-state index in [2.05, 4.69) is 15.9 Å². The van der Waals surface area contributed by atoms with Crippen molar-refractivity contribution in [3.63, 3.8) is 0 Å². The van der Waals surface area contributed by atoms with Crippen molar-refractivity contribution in [1.29, 1.82) is 10.8 Å². The van der Waals surface area contributed by atoms with Gasteiger partial charge in [0.25, 0.3) is 5.56 Å². The standard InChI is InChI=1S/C6H7BrN4O/c1-10-2-4(7)11(3-8)5(9)6(10)12/h2-3,8-9H,1H3. The summed E-state index contributed by atoms with van der Waals surface area (Å²) in [7, 11) is 1.55. The summed E-state index contributed by atoms with van der Waals surface area (Å²) >= 11 is 3.12. The summed E-state index contributed by atoms with van der Waals surface area (Å²) in [4.78, 5) is 11.1. The van der Waals surface area contributed by atoms with Crippen LogP contribution in [0.2, 0.25) is 0 Å². The minimum absolute atomic E-state index is 0.234. The summed E-state index contributed by atoms with van der Waals surface area (Å²) in [5.41, 5.74) is -0.663. The van der Waals surface area contributed by atoms with Gasteiger partial charge in [0.2, 0.25) is 0 Å². The Kier molecular flexibility index (Phi) is 2.27. The Labute approximate surface area is 76.4 Å². The fourth-order valence-corrected chi connectivity index (χ4v) is 1.37. The predicted molar refractivity (Wildman–Crippen MR) is 47.4 cm³/mol. The summed E-state index contributed by atoms with van der Waals surface area (Å²) < 4.78 is 2.93. The van der Waals surface area contributed by atoms with Crippen LogP contribution in [0.15, 0.2) is 15.6 Å². The molecule has 0 aliphatic rings. The molecule has 0 unspecified atom stereocenters. The fourth-order valence-electron chi connectivity index (χ4n) is 0.784. The van der Waals surface area contributed by atoms with Crippen molar-refractivity contribution in [2.75, 3.05) is 0 Å². The lowest BCUT2D eigenvalue weighted by atomic mass is 10.6. The van der Waals surface area contributed by atoms with Crippen LogP contribution in [0.25, 0.3) is 0 Å². The molecule has 0 bridgehead atoms. The molecule has 1 aromatic rings. The SMILES string of the molecule is Cn1cc(Br)n(C=N)c(=N)c1=O. The normalized spacial score (nSPS) is 9.83. The fraction of sp³-hybridized carbons (Fsp3) is 0.167. The minimum atomic E-state index is -0.429. The molecular formula is C6H7BrN4O. The van der Waals surface area contributed by atoms with E-state index in [1.165, 1.54) is 10.8 Å². The molecule has 0 aromatic carbocycles. The van der Waals surface area contributed by atoms with Crippen LogP contribution in [0.3, 0.4) is 0 Å². The number of halogens is 1. The van der Waals surface area contributed by atoms with Crippen LogP contribution in [-0.4, -0.2) is 15.5 Å². The number of nitrogens with zero attached hydrogens (tertiary/aromatic N) is 2. The molecule has 5 nitrogen and oxygen atoms in total. The van der Waals surface area contributed by atoms with E-state index in [-0.39, 0.29) is 5.49 Å². The maximum atomic E-state index is 11.1. The zero-order valence-corrected chi connectivity index (χ0v) is 7.92. The Morgan fingerprint density at radius 2 is 2.25 bits per heavy atom. The van der Waals surface area contributed by atoms with Gasteiger partial charge in [0, 0.05) is 13.2 Å². The molecule has 1 heterocycles.